The second-order valence-electron chi connectivity index (χ2n) is 4.71. The van der Waals surface area contributed by atoms with Gasteiger partial charge in [0.05, 0.1) is 0 Å². The van der Waals surface area contributed by atoms with E-state index < -0.39 is 5.76 Å². The van der Waals surface area contributed by atoms with Crippen LogP contribution in [-0.2, 0) is 0 Å². The summed E-state index contributed by atoms with van der Waals surface area (Å²) in [6.45, 7) is 1.60. The maximum atomic E-state index is 12.6. The molecule has 0 aliphatic carbocycles. The Morgan fingerprint density at radius 2 is 2.17 bits per heavy atom. The standard InChI is InChI=1S/C13H18F2N2S/c1-17-8-9(7-16)6-11(17)10-4-2-3-5-12(10)18-13(14)15/h2-5,9,11,13H,6-8,16H2,1H3. The van der Waals surface area contributed by atoms with E-state index in [1.165, 1.54) is 0 Å². The Hall–Kier alpha value is -0.650. The Kier molecular flexibility index (Phi) is 4.59. The lowest BCUT2D eigenvalue weighted by molar-refractivity contribution is 0.251. The molecule has 0 amide bonds. The van der Waals surface area contributed by atoms with E-state index in [2.05, 4.69) is 4.90 Å². The number of hydrogen-bond acceptors (Lipinski definition) is 3. The number of benzene rings is 1. The van der Waals surface area contributed by atoms with Crippen LogP contribution in [0.5, 0.6) is 0 Å². The van der Waals surface area contributed by atoms with Gasteiger partial charge in [-0.05, 0) is 37.6 Å². The molecule has 18 heavy (non-hydrogen) atoms. The van der Waals surface area contributed by atoms with Crippen molar-refractivity contribution in [2.75, 3.05) is 20.1 Å². The number of likely N-dealkylation sites (tertiary alicyclic amines) is 1. The highest BCUT2D eigenvalue weighted by molar-refractivity contribution is 7.99. The summed E-state index contributed by atoms with van der Waals surface area (Å²) in [4.78, 5) is 2.89. The summed E-state index contributed by atoms with van der Waals surface area (Å²) in [7, 11) is 2.03. The third-order valence-corrected chi connectivity index (χ3v) is 4.27. The second kappa shape index (κ2) is 5.99. The lowest BCUT2D eigenvalue weighted by Gasteiger charge is -2.22. The lowest BCUT2D eigenvalue weighted by atomic mass is 10.00. The zero-order valence-corrected chi connectivity index (χ0v) is 11.2. The molecule has 1 aliphatic rings. The van der Waals surface area contributed by atoms with Crippen LogP contribution in [0.2, 0.25) is 0 Å². The van der Waals surface area contributed by atoms with E-state index in [0.717, 1.165) is 18.5 Å². The Labute approximate surface area is 111 Å². The molecule has 1 aromatic carbocycles. The first-order chi connectivity index (χ1) is 8.61. The number of thioether (sulfide) groups is 1. The van der Waals surface area contributed by atoms with Gasteiger partial charge in [-0.15, -0.1) is 0 Å². The topological polar surface area (TPSA) is 29.3 Å². The second-order valence-corrected chi connectivity index (χ2v) is 5.74. The minimum Gasteiger partial charge on any atom is -0.330 e. The first-order valence-corrected chi connectivity index (χ1v) is 6.93. The van der Waals surface area contributed by atoms with Crippen molar-refractivity contribution in [1.29, 1.82) is 0 Å². The Morgan fingerprint density at radius 1 is 1.44 bits per heavy atom. The molecule has 0 bridgehead atoms. The average Bonchev–Trinajstić information content (AvgIpc) is 2.70. The maximum Gasteiger partial charge on any atom is 0.288 e. The van der Waals surface area contributed by atoms with Crippen molar-refractivity contribution in [3.05, 3.63) is 29.8 Å². The first kappa shape index (κ1) is 13.8. The summed E-state index contributed by atoms with van der Waals surface area (Å²) in [6.07, 6.45) is 0.952. The van der Waals surface area contributed by atoms with Crippen molar-refractivity contribution in [1.82, 2.24) is 4.90 Å². The van der Waals surface area contributed by atoms with Crippen LogP contribution in [0.25, 0.3) is 0 Å². The van der Waals surface area contributed by atoms with Crippen LogP contribution in [0, 0.1) is 5.92 Å². The molecule has 5 heteroatoms. The smallest absolute Gasteiger partial charge is 0.288 e. The molecule has 2 unspecified atom stereocenters. The first-order valence-electron chi connectivity index (χ1n) is 6.06. The zero-order valence-electron chi connectivity index (χ0n) is 10.4. The van der Waals surface area contributed by atoms with Gasteiger partial charge in [-0.25, -0.2) is 0 Å². The minimum atomic E-state index is -2.37. The fraction of sp³-hybridized carbons (Fsp3) is 0.538. The van der Waals surface area contributed by atoms with Crippen LogP contribution >= 0.6 is 11.8 Å². The van der Waals surface area contributed by atoms with Crippen molar-refractivity contribution in [2.24, 2.45) is 11.7 Å². The largest absolute Gasteiger partial charge is 0.330 e. The molecular formula is C13H18F2N2S. The number of rotatable bonds is 4. The van der Waals surface area contributed by atoms with Crippen LogP contribution in [0.4, 0.5) is 8.78 Å². The highest BCUT2D eigenvalue weighted by Crippen LogP contribution is 2.39. The SMILES string of the molecule is CN1CC(CN)CC1c1ccccc1SC(F)F. The van der Waals surface area contributed by atoms with Crippen molar-refractivity contribution in [3.63, 3.8) is 0 Å². The molecule has 0 saturated carbocycles. The van der Waals surface area contributed by atoms with Crippen molar-refractivity contribution < 1.29 is 8.78 Å². The molecule has 2 rings (SSSR count). The Balaban J connectivity index is 2.22. The molecular weight excluding hydrogens is 254 g/mol. The van der Waals surface area contributed by atoms with Crippen LogP contribution in [0.3, 0.4) is 0 Å². The summed E-state index contributed by atoms with van der Waals surface area (Å²) in [5, 5.41) is 0. The van der Waals surface area contributed by atoms with E-state index in [1.807, 2.05) is 25.2 Å². The summed E-state index contributed by atoms with van der Waals surface area (Å²) in [5.41, 5.74) is 6.70. The van der Waals surface area contributed by atoms with Gasteiger partial charge in [0, 0.05) is 17.5 Å². The van der Waals surface area contributed by atoms with Gasteiger partial charge in [-0.2, -0.15) is 8.78 Å². The number of nitrogens with zero attached hydrogens (tertiary/aromatic N) is 1. The molecule has 0 spiro atoms. The fourth-order valence-corrected chi connectivity index (χ4v) is 3.29. The van der Waals surface area contributed by atoms with Gasteiger partial charge >= 0.3 is 0 Å². The quantitative estimate of drug-likeness (QED) is 0.855. The zero-order chi connectivity index (χ0) is 13.1. The third kappa shape index (κ3) is 3.02. The van der Waals surface area contributed by atoms with Gasteiger partial charge in [0.1, 0.15) is 0 Å². The monoisotopic (exact) mass is 272 g/mol. The average molecular weight is 272 g/mol. The molecule has 1 fully saturated rings. The summed E-state index contributed by atoms with van der Waals surface area (Å²) < 4.78 is 25.1. The fourth-order valence-electron chi connectivity index (χ4n) is 2.60. The van der Waals surface area contributed by atoms with Crippen LogP contribution in [-0.4, -0.2) is 30.8 Å². The van der Waals surface area contributed by atoms with Crippen molar-refractivity contribution in [3.8, 4) is 0 Å². The van der Waals surface area contributed by atoms with Crippen molar-refractivity contribution >= 4 is 11.8 Å². The Morgan fingerprint density at radius 3 is 2.78 bits per heavy atom. The van der Waals surface area contributed by atoms with Crippen molar-refractivity contribution in [2.45, 2.75) is 23.1 Å². The highest BCUT2D eigenvalue weighted by Gasteiger charge is 2.31. The van der Waals surface area contributed by atoms with Gasteiger partial charge in [-0.1, -0.05) is 30.0 Å². The predicted octanol–water partition coefficient (Wildman–Crippen LogP) is 2.95. The molecule has 0 radical (unpaired) electrons. The molecule has 2 atom stereocenters. The minimum absolute atomic E-state index is 0.209. The maximum absolute atomic E-state index is 12.6. The number of nitrogens with two attached hydrogens (primary N) is 1. The molecule has 100 valence electrons. The van der Waals surface area contributed by atoms with E-state index in [0.29, 0.717) is 29.1 Å². The summed E-state index contributed by atoms with van der Waals surface area (Å²) in [6, 6.07) is 7.65. The van der Waals surface area contributed by atoms with Gasteiger partial charge in [0.2, 0.25) is 0 Å². The van der Waals surface area contributed by atoms with E-state index in [4.69, 9.17) is 5.73 Å². The summed E-state index contributed by atoms with van der Waals surface area (Å²) in [5.74, 6) is -1.91. The summed E-state index contributed by atoms with van der Waals surface area (Å²) >= 11 is 0.632. The highest BCUT2D eigenvalue weighted by atomic mass is 32.2. The van der Waals surface area contributed by atoms with Gasteiger partial charge < -0.3 is 5.73 Å². The molecule has 1 saturated heterocycles. The van der Waals surface area contributed by atoms with E-state index in [1.54, 1.807) is 6.07 Å². The van der Waals surface area contributed by atoms with Gasteiger partial charge in [-0.3, -0.25) is 4.90 Å². The molecule has 1 heterocycles. The Bertz CT molecular complexity index is 400. The molecule has 0 aromatic heterocycles. The third-order valence-electron chi connectivity index (χ3n) is 3.46. The normalized spacial score (nSPS) is 24.9. The molecule has 1 aromatic rings. The van der Waals surface area contributed by atoms with Gasteiger partial charge in [0.25, 0.3) is 5.76 Å². The van der Waals surface area contributed by atoms with Crippen LogP contribution in [0.15, 0.2) is 29.2 Å². The van der Waals surface area contributed by atoms with Crippen LogP contribution < -0.4 is 5.73 Å². The van der Waals surface area contributed by atoms with Gasteiger partial charge in [0.15, 0.2) is 0 Å². The lowest BCUT2D eigenvalue weighted by Crippen LogP contribution is -2.20. The van der Waals surface area contributed by atoms with E-state index >= 15 is 0 Å². The molecule has 2 N–H and O–H groups in total. The van der Waals surface area contributed by atoms with E-state index in [9.17, 15) is 8.78 Å². The van der Waals surface area contributed by atoms with E-state index in [-0.39, 0.29) is 6.04 Å². The number of hydrogen-bond donors (Lipinski definition) is 1. The number of halogens is 2. The predicted molar refractivity (Wildman–Crippen MR) is 70.8 cm³/mol. The molecule has 2 nitrogen and oxygen atoms in total. The van der Waals surface area contributed by atoms with Crippen LogP contribution in [0.1, 0.15) is 18.0 Å². The number of alkyl halides is 2. The molecule has 1 aliphatic heterocycles.